The van der Waals surface area contributed by atoms with Crippen molar-refractivity contribution in [2.45, 2.75) is 27.2 Å². The van der Waals surface area contributed by atoms with Crippen molar-refractivity contribution in [3.8, 4) is 5.75 Å². The molecule has 1 N–H and O–H groups in total. The zero-order chi connectivity index (χ0) is 11.4. The van der Waals surface area contributed by atoms with Gasteiger partial charge in [0.25, 0.3) is 0 Å². The molecule has 1 aromatic rings. The van der Waals surface area contributed by atoms with Gasteiger partial charge in [-0.3, -0.25) is 0 Å². The van der Waals surface area contributed by atoms with Crippen molar-refractivity contribution in [1.29, 1.82) is 0 Å². The van der Waals surface area contributed by atoms with E-state index >= 15 is 0 Å². The molecule has 1 heterocycles. The summed E-state index contributed by atoms with van der Waals surface area (Å²) in [5.41, 5.74) is 0. The first kappa shape index (κ1) is 12.0. The van der Waals surface area contributed by atoms with Crippen molar-refractivity contribution in [3.63, 3.8) is 0 Å². The normalized spacial score (nSPS) is 10.7. The summed E-state index contributed by atoms with van der Waals surface area (Å²) in [4.78, 5) is 12.1. The number of carbonyl (C=O) groups is 1. The van der Waals surface area contributed by atoms with Gasteiger partial charge in [0.1, 0.15) is 5.75 Å². The van der Waals surface area contributed by atoms with Crippen LogP contribution < -0.4 is 4.74 Å². The van der Waals surface area contributed by atoms with E-state index in [0.29, 0.717) is 23.2 Å². The van der Waals surface area contributed by atoms with E-state index in [9.17, 15) is 4.79 Å². The molecule has 0 aliphatic carbocycles. The van der Waals surface area contributed by atoms with Crippen LogP contribution in [0.2, 0.25) is 0 Å². The number of ether oxygens (including phenoxy) is 1. The van der Waals surface area contributed by atoms with Crippen molar-refractivity contribution < 1.29 is 14.6 Å². The molecular formula is C11H16O3S. The van der Waals surface area contributed by atoms with E-state index in [1.807, 2.05) is 6.92 Å². The average Bonchev–Trinajstić information content (AvgIpc) is 2.46. The maximum Gasteiger partial charge on any atom is 0.349 e. The number of carboxylic acids is 1. The minimum Gasteiger partial charge on any atom is -0.492 e. The van der Waals surface area contributed by atoms with Crippen LogP contribution >= 0.6 is 11.3 Å². The molecule has 4 heteroatoms. The van der Waals surface area contributed by atoms with Crippen LogP contribution in [0, 0.1) is 12.8 Å². The Morgan fingerprint density at radius 1 is 1.60 bits per heavy atom. The van der Waals surface area contributed by atoms with E-state index < -0.39 is 5.97 Å². The molecule has 84 valence electrons. The summed E-state index contributed by atoms with van der Waals surface area (Å²) in [6.07, 6.45) is 0.938. The van der Waals surface area contributed by atoms with Crippen LogP contribution in [0.5, 0.6) is 5.75 Å². The van der Waals surface area contributed by atoms with Crippen LogP contribution in [-0.4, -0.2) is 17.7 Å². The predicted octanol–water partition coefficient (Wildman–Crippen LogP) is 3.18. The molecule has 0 fully saturated rings. The van der Waals surface area contributed by atoms with Crippen molar-refractivity contribution in [2.24, 2.45) is 5.92 Å². The lowest BCUT2D eigenvalue weighted by molar-refractivity contribution is 0.0698. The standard InChI is InChI=1S/C11H16O3S/c1-7(2)4-5-14-9-6-8(3)15-10(9)11(12)13/h6-7H,4-5H2,1-3H3,(H,12,13). The second kappa shape index (κ2) is 5.16. The lowest BCUT2D eigenvalue weighted by Crippen LogP contribution is -2.03. The molecule has 0 saturated heterocycles. The van der Waals surface area contributed by atoms with Gasteiger partial charge in [-0.2, -0.15) is 0 Å². The topological polar surface area (TPSA) is 46.5 Å². The van der Waals surface area contributed by atoms with Gasteiger partial charge in [-0.15, -0.1) is 11.3 Å². The lowest BCUT2D eigenvalue weighted by atomic mass is 10.1. The quantitative estimate of drug-likeness (QED) is 0.842. The van der Waals surface area contributed by atoms with Gasteiger partial charge in [0.2, 0.25) is 0 Å². The van der Waals surface area contributed by atoms with Crippen LogP contribution in [-0.2, 0) is 0 Å². The first-order valence-corrected chi connectivity index (χ1v) is 5.79. The van der Waals surface area contributed by atoms with Crippen LogP contribution in [0.15, 0.2) is 6.07 Å². The van der Waals surface area contributed by atoms with Crippen LogP contribution in [0.3, 0.4) is 0 Å². The maximum atomic E-state index is 10.9. The molecule has 15 heavy (non-hydrogen) atoms. The molecule has 1 aromatic heterocycles. The SMILES string of the molecule is Cc1cc(OCCC(C)C)c(C(=O)O)s1. The molecule has 0 spiro atoms. The Bertz CT molecular complexity index is 342. The first-order chi connectivity index (χ1) is 7.00. The van der Waals surface area contributed by atoms with Gasteiger partial charge in [0.15, 0.2) is 4.88 Å². The zero-order valence-electron chi connectivity index (χ0n) is 9.24. The lowest BCUT2D eigenvalue weighted by Gasteiger charge is -2.06. The fraction of sp³-hybridized carbons (Fsp3) is 0.545. The van der Waals surface area contributed by atoms with Gasteiger partial charge >= 0.3 is 5.97 Å². The van der Waals surface area contributed by atoms with Crippen LogP contribution in [0.4, 0.5) is 0 Å². The maximum absolute atomic E-state index is 10.9. The molecule has 1 rings (SSSR count). The van der Waals surface area contributed by atoms with Crippen molar-refractivity contribution in [1.82, 2.24) is 0 Å². The highest BCUT2D eigenvalue weighted by molar-refractivity contribution is 7.14. The van der Waals surface area contributed by atoms with Crippen LogP contribution in [0.1, 0.15) is 34.8 Å². The Balaban J connectivity index is 2.63. The second-order valence-corrected chi connectivity index (χ2v) is 5.14. The second-order valence-electron chi connectivity index (χ2n) is 3.89. The Morgan fingerprint density at radius 2 is 2.27 bits per heavy atom. The molecule has 0 radical (unpaired) electrons. The van der Waals surface area contributed by atoms with E-state index in [4.69, 9.17) is 9.84 Å². The molecule has 0 bridgehead atoms. The Hall–Kier alpha value is -1.03. The molecular weight excluding hydrogens is 212 g/mol. The fourth-order valence-corrected chi connectivity index (χ4v) is 1.95. The summed E-state index contributed by atoms with van der Waals surface area (Å²) >= 11 is 1.26. The summed E-state index contributed by atoms with van der Waals surface area (Å²) in [6, 6.07) is 1.79. The van der Waals surface area contributed by atoms with Crippen molar-refractivity contribution >= 4 is 17.3 Å². The summed E-state index contributed by atoms with van der Waals surface area (Å²) in [5.74, 6) is 0.163. The van der Waals surface area contributed by atoms with Crippen molar-refractivity contribution in [3.05, 3.63) is 15.8 Å². The average molecular weight is 228 g/mol. The van der Waals surface area contributed by atoms with Gasteiger partial charge in [-0.1, -0.05) is 13.8 Å². The van der Waals surface area contributed by atoms with Crippen LogP contribution in [0.25, 0.3) is 0 Å². The predicted molar refractivity (Wildman–Crippen MR) is 61.0 cm³/mol. The molecule has 0 atom stereocenters. The molecule has 0 saturated carbocycles. The molecule has 0 amide bonds. The fourth-order valence-electron chi connectivity index (χ4n) is 1.15. The van der Waals surface area contributed by atoms with Gasteiger partial charge in [-0.25, -0.2) is 4.79 Å². The number of carboxylic acid groups (broad SMARTS) is 1. The third kappa shape index (κ3) is 3.55. The smallest absolute Gasteiger partial charge is 0.349 e. The third-order valence-corrected chi connectivity index (χ3v) is 2.99. The number of hydrogen-bond acceptors (Lipinski definition) is 3. The molecule has 3 nitrogen and oxygen atoms in total. The third-order valence-electron chi connectivity index (χ3n) is 1.97. The Morgan fingerprint density at radius 3 is 2.80 bits per heavy atom. The molecule has 0 unspecified atom stereocenters. The molecule has 0 aliphatic rings. The minimum absolute atomic E-state index is 0.302. The van der Waals surface area contributed by atoms with Gasteiger partial charge < -0.3 is 9.84 Å². The van der Waals surface area contributed by atoms with E-state index in [-0.39, 0.29) is 0 Å². The Labute approximate surface area is 93.7 Å². The van der Waals surface area contributed by atoms with Gasteiger partial charge in [0.05, 0.1) is 6.61 Å². The van der Waals surface area contributed by atoms with E-state index in [1.165, 1.54) is 11.3 Å². The van der Waals surface area contributed by atoms with E-state index in [0.717, 1.165) is 11.3 Å². The van der Waals surface area contributed by atoms with E-state index in [2.05, 4.69) is 13.8 Å². The zero-order valence-corrected chi connectivity index (χ0v) is 10.1. The number of aromatic carboxylic acids is 1. The molecule has 0 aliphatic heterocycles. The Kier molecular flexibility index (Phi) is 4.15. The van der Waals surface area contributed by atoms with Gasteiger partial charge in [-0.05, 0) is 25.3 Å². The number of aryl methyl sites for hydroxylation is 1. The highest BCUT2D eigenvalue weighted by Gasteiger charge is 2.14. The highest BCUT2D eigenvalue weighted by Crippen LogP contribution is 2.29. The number of rotatable bonds is 5. The summed E-state index contributed by atoms with van der Waals surface area (Å²) in [7, 11) is 0. The number of hydrogen-bond donors (Lipinski definition) is 1. The molecule has 0 aromatic carbocycles. The summed E-state index contributed by atoms with van der Waals surface area (Å²) < 4.78 is 5.46. The van der Waals surface area contributed by atoms with E-state index in [1.54, 1.807) is 6.07 Å². The first-order valence-electron chi connectivity index (χ1n) is 4.97. The largest absolute Gasteiger partial charge is 0.492 e. The summed E-state index contributed by atoms with van der Waals surface area (Å²) in [5, 5.41) is 8.92. The minimum atomic E-state index is -0.910. The van der Waals surface area contributed by atoms with Crippen molar-refractivity contribution in [2.75, 3.05) is 6.61 Å². The van der Waals surface area contributed by atoms with Gasteiger partial charge in [0, 0.05) is 4.88 Å². The summed E-state index contributed by atoms with van der Waals surface area (Å²) in [6.45, 7) is 6.68. The monoisotopic (exact) mass is 228 g/mol. The highest BCUT2D eigenvalue weighted by atomic mass is 32.1. The number of thiophene rings is 1.